The van der Waals surface area contributed by atoms with Crippen molar-refractivity contribution in [1.29, 1.82) is 0 Å². The number of urea groups is 1. The van der Waals surface area contributed by atoms with Crippen LogP contribution in [0.15, 0.2) is 48.5 Å². The van der Waals surface area contributed by atoms with Gasteiger partial charge in [0.25, 0.3) is 11.6 Å². The summed E-state index contributed by atoms with van der Waals surface area (Å²) in [6, 6.07) is 12.1. The number of non-ortho nitro benzene ring substituents is 1. The Kier molecular flexibility index (Phi) is 4.60. The van der Waals surface area contributed by atoms with Crippen LogP contribution in [-0.2, 0) is 0 Å². The number of nitro benzene ring substituents is 1. The Morgan fingerprint density at radius 2 is 1.48 bits per heavy atom. The normalized spacial score (nSPS) is 13.0. The lowest BCUT2D eigenvalue weighted by molar-refractivity contribution is -0.384. The summed E-state index contributed by atoms with van der Waals surface area (Å²) >= 11 is 0. The molecular weight excluding hydrogens is 324 g/mol. The van der Waals surface area contributed by atoms with Crippen LogP contribution >= 0.6 is 0 Å². The maximum Gasteiger partial charge on any atom is 0.319 e. The number of amides is 3. The van der Waals surface area contributed by atoms with Crippen LogP contribution in [0.2, 0.25) is 0 Å². The topological polar surface area (TPSA) is 113 Å². The highest BCUT2D eigenvalue weighted by molar-refractivity contribution is 6.04. The molecule has 1 fully saturated rings. The van der Waals surface area contributed by atoms with E-state index < -0.39 is 4.92 Å². The molecule has 1 saturated carbocycles. The van der Waals surface area contributed by atoms with E-state index in [2.05, 4.69) is 16.0 Å². The highest BCUT2D eigenvalue weighted by Crippen LogP contribution is 2.19. The molecule has 0 bridgehead atoms. The molecule has 8 nitrogen and oxygen atoms in total. The van der Waals surface area contributed by atoms with Crippen molar-refractivity contribution in [2.45, 2.75) is 18.9 Å². The molecule has 0 heterocycles. The van der Waals surface area contributed by atoms with E-state index in [4.69, 9.17) is 0 Å². The Morgan fingerprint density at radius 3 is 2.00 bits per heavy atom. The van der Waals surface area contributed by atoms with Crippen LogP contribution in [0.4, 0.5) is 21.9 Å². The molecule has 128 valence electrons. The van der Waals surface area contributed by atoms with Gasteiger partial charge >= 0.3 is 6.03 Å². The maximum atomic E-state index is 12.1. The van der Waals surface area contributed by atoms with Gasteiger partial charge in [0.15, 0.2) is 0 Å². The van der Waals surface area contributed by atoms with Crippen LogP contribution < -0.4 is 16.0 Å². The van der Waals surface area contributed by atoms with Crippen molar-refractivity contribution in [3.63, 3.8) is 0 Å². The van der Waals surface area contributed by atoms with Gasteiger partial charge in [0, 0.05) is 35.1 Å². The van der Waals surface area contributed by atoms with Gasteiger partial charge in [-0.05, 0) is 49.2 Å². The van der Waals surface area contributed by atoms with Crippen molar-refractivity contribution in [2.75, 3.05) is 10.6 Å². The summed E-state index contributed by atoms with van der Waals surface area (Å²) in [5.74, 6) is -0.373. The van der Waals surface area contributed by atoms with Crippen molar-refractivity contribution < 1.29 is 14.5 Å². The molecule has 0 spiro atoms. The fourth-order valence-electron chi connectivity index (χ4n) is 2.15. The maximum absolute atomic E-state index is 12.1. The molecule has 3 N–H and O–H groups in total. The van der Waals surface area contributed by atoms with Gasteiger partial charge in [-0.3, -0.25) is 14.9 Å². The number of carbonyl (C=O) groups excluding carboxylic acids is 2. The SMILES string of the molecule is O=C(Nc1ccc(NC(=O)c2ccc([N+](=O)[O-])cc2)cc1)NC1CC1. The monoisotopic (exact) mass is 340 g/mol. The summed E-state index contributed by atoms with van der Waals surface area (Å²) in [7, 11) is 0. The molecule has 0 unspecified atom stereocenters. The van der Waals surface area contributed by atoms with Crippen LogP contribution in [-0.4, -0.2) is 22.9 Å². The number of nitrogens with one attached hydrogen (secondary N) is 3. The average molecular weight is 340 g/mol. The fourth-order valence-corrected chi connectivity index (χ4v) is 2.15. The summed E-state index contributed by atoms with van der Waals surface area (Å²) in [6.07, 6.45) is 2.03. The number of nitrogens with zero attached hydrogens (tertiary/aromatic N) is 1. The van der Waals surface area contributed by atoms with Gasteiger partial charge in [0.05, 0.1) is 4.92 Å². The van der Waals surface area contributed by atoms with E-state index in [1.807, 2.05) is 0 Å². The molecule has 1 aliphatic rings. The van der Waals surface area contributed by atoms with E-state index in [-0.39, 0.29) is 23.7 Å². The Balaban J connectivity index is 1.57. The second kappa shape index (κ2) is 7.00. The third-order valence-electron chi connectivity index (χ3n) is 3.65. The molecule has 0 atom stereocenters. The van der Waals surface area contributed by atoms with Crippen LogP contribution in [0, 0.1) is 10.1 Å². The van der Waals surface area contributed by atoms with Crippen molar-refractivity contribution in [3.8, 4) is 0 Å². The number of hydrogen-bond acceptors (Lipinski definition) is 4. The first-order chi connectivity index (χ1) is 12.0. The second-order valence-electron chi connectivity index (χ2n) is 5.71. The summed E-state index contributed by atoms with van der Waals surface area (Å²) in [5.41, 5.74) is 1.41. The van der Waals surface area contributed by atoms with E-state index in [9.17, 15) is 19.7 Å². The first-order valence-corrected chi connectivity index (χ1v) is 7.74. The van der Waals surface area contributed by atoms with Gasteiger partial charge in [-0.2, -0.15) is 0 Å². The van der Waals surface area contributed by atoms with Crippen molar-refractivity contribution in [2.24, 2.45) is 0 Å². The highest BCUT2D eigenvalue weighted by Gasteiger charge is 2.23. The molecule has 0 aliphatic heterocycles. The van der Waals surface area contributed by atoms with Crippen LogP contribution in [0.5, 0.6) is 0 Å². The first-order valence-electron chi connectivity index (χ1n) is 7.74. The van der Waals surface area contributed by atoms with Gasteiger partial charge in [-0.1, -0.05) is 0 Å². The minimum Gasteiger partial charge on any atom is -0.335 e. The first kappa shape index (κ1) is 16.4. The van der Waals surface area contributed by atoms with Gasteiger partial charge in [0.2, 0.25) is 0 Å². The minimum absolute atomic E-state index is 0.0727. The molecule has 2 aromatic rings. The molecule has 3 rings (SSSR count). The van der Waals surface area contributed by atoms with E-state index in [1.165, 1.54) is 24.3 Å². The Labute approximate surface area is 143 Å². The van der Waals surface area contributed by atoms with Crippen LogP contribution in [0.1, 0.15) is 23.2 Å². The van der Waals surface area contributed by atoms with Gasteiger partial charge in [-0.25, -0.2) is 4.79 Å². The van der Waals surface area contributed by atoms with Crippen molar-refractivity contribution in [3.05, 3.63) is 64.2 Å². The lowest BCUT2D eigenvalue weighted by Crippen LogP contribution is -2.30. The average Bonchev–Trinajstić information content (AvgIpc) is 3.40. The van der Waals surface area contributed by atoms with Crippen LogP contribution in [0.3, 0.4) is 0 Å². The van der Waals surface area contributed by atoms with E-state index in [0.29, 0.717) is 16.9 Å². The molecule has 25 heavy (non-hydrogen) atoms. The summed E-state index contributed by atoms with van der Waals surface area (Å²) < 4.78 is 0. The number of anilines is 2. The Bertz CT molecular complexity index is 798. The third-order valence-corrected chi connectivity index (χ3v) is 3.65. The molecule has 0 saturated heterocycles. The Morgan fingerprint density at radius 1 is 0.920 bits per heavy atom. The molecular formula is C17H16N4O4. The van der Waals surface area contributed by atoms with E-state index >= 15 is 0 Å². The highest BCUT2D eigenvalue weighted by atomic mass is 16.6. The summed E-state index contributed by atoms with van der Waals surface area (Å²) in [6.45, 7) is 0. The summed E-state index contributed by atoms with van der Waals surface area (Å²) in [4.78, 5) is 33.9. The number of rotatable bonds is 5. The lowest BCUT2D eigenvalue weighted by atomic mass is 10.2. The minimum atomic E-state index is -0.521. The van der Waals surface area contributed by atoms with Gasteiger partial charge in [0.1, 0.15) is 0 Å². The fraction of sp³-hybridized carbons (Fsp3) is 0.176. The predicted molar refractivity (Wildman–Crippen MR) is 92.7 cm³/mol. The van der Waals surface area contributed by atoms with Crippen molar-refractivity contribution in [1.82, 2.24) is 5.32 Å². The zero-order chi connectivity index (χ0) is 17.8. The molecule has 0 aromatic heterocycles. The molecule has 8 heteroatoms. The number of benzene rings is 2. The predicted octanol–water partition coefficient (Wildman–Crippen LogP) is 3.13. The Hall–Kier alpha value is -3.42. The molecule has 1 aliphatic carbocycles. The third kappa shape index (κ3) is 4.54. The number of nitro groups is 1. The van der Waals surface area contributed by atoms with Gasteiger partial charge < -0.3 is 16.0 Å². The molecule has 2 aromatic carbocycles. The smallest absolute Gasteiger partial charge is 0.319 e. The standard InChI is InChI=1S/C17H16N4O4/c22-16(11-1-9-15(10-2-11)21(24)25)18-12-3-5-13(6-4-12)19-17(23)20-14-7-8-14/h1-6,9-10,14H,7-8H2,(H,18,22)(H2,19,20,23). The van der Waals surface area contributed by atoms with E-state index in [0.717, 1.165) is 12.8 Å². The molecule has 0 radical (unpaired) electrons. The van der Waals surface area contributed by atoms with E-state index in [1.54, 1.807) is 24.3 Å². The number of carbonyl (C=O) groups is 2. The van der Waals surface area contributed by atoms with Crippen LogP contribution in [0.25, 0.3) is 0 Å². The summed E-state index contributed by atoms with van der Waals surface area (Å²) in [5, 5.41) is 18.8. The largest absolute Gasteiger partial charge is 0.335 e. The quantitative estimate of drug-likeness (QED) is 0.573. The zero-order valence-corrected chi connectivity index (χ0v) is 13.2. The second-order valence-corrected chi connectivity index (χ2v) is 5.71. The van der Waals surface area contributed by atoms with Gasteiger partial charge in [-0.15, -0.1) is 0 Å². The zero-order valence-electron chi connectivity index (χ0n) is 13.2. The van der Waals surface area contributed by atoms with Crippen molar-refractivity contribution >= 4 is 29.0 Å². The molecule has 3 amide bonds. The lowest BCUT2D eigenvalue weighted by Gasteiger charge is -2.08. The number of hydrogen-bond donors (Lipinski definition) is 3.